The lowest BCUT2D eigenvalue weighted by atomic mass is 10.0. The maximum absolute atomic E-state index is 11.9. The standard InChI is InChI=1S/C20H27Cl2NO3/c1-14(2)5-4-6-15(3)11-12-26-20(25)10-9-19(24)23-16-7-8-17(21)18(22)13-16/h5,7-8,13,15H,4,6,9-12H2,1-3H3,(H,23,24)/t15-/m1/s1. The van der Waals surface area contributed by atoms with Gasteiger partial charge >= 0.3 is 5.97 Å². The zero-order chi connectivity index (χ0) is 19.5. The number of ether oxygens (including phenoxy) is 1. The van der Waals surface area contributed by atoms with Crippen LogP contribution in [-0.2, 0) is 14.3 Å². The quantitative estimate of drug-likeness (QED) is 0.386. The minimum atomic E-state index is -0.356. The average molecular weight is 400 g/mol. The van der Waals surface area contributed by atoms with Gasteiger partial charge in [-0.05, 0) is 57.2 Å². The summed E-state index contributed by atoms with van der Waals surface area (Å²) in [7, 11) is 0. The summed E-state index contributed by atoms with van der Waals surface area (Å²) < 4.78 is 5.20. The Morgan fingerprint density at radius 3 is 2.54 bits per heavy atom. The molecular weight excluding hydrogens is 373 g/mol. The SMILES string of the molecule is CC(C)=CCC[C@@H](C)CCOC(=O)CCC(=O)Nc1ccc(Cl)c(Cl)c1. The second-order valence-corrected chi connectivity index (χ2v) is 7.46. The van der Waals surface area contributed by atoms with Crippen LogP contribution in [0.3, 0.4) is 0 Å². The van der Waals surface area contributed by atoms with Gasteiger partial charge in [-0.15, -0.1) is 0 Å². The van der Waals surface area contributed by atoms with E-state index in [1.807, 2.05) is 0 Å². The van der Waals surface area contributed by atoms with Crippen molar-refractivity contribution in [1.29, 1.82) is 0 Å². The maximum atomic E-state index is 11.9. The molecule has 0 spiro atoms. The predicted octanol–water partition coefficient (Wildman–Crippen LogP) is 6.03. The number of nitrogens with one attached hydrogen (secondary N) is 1. The Balaban J connectivity index is 2.20. The number of hydrogen-bond donors (Lipinski definition) is 1. The van der Waals surface area contributed by atoms with Crippen molar-refractivity contribution in [1.82, 2.24) is 0 Å². The summed E-state index contributed by atoms with van der Waals surface area (Å²) in [6.45, 7) is 6.72. The highest BCUT2D eigenvalue weighted by Crippen LogP contribution is 2.25. The lowest BCUT2D eigenvalue weighted by Crippen LogP contribution is -2.15. The molecule has 0 heterocycles. The van der Waals surface area contributed by atoms with E-state index in [0.29, 0.717) is 28.3 Å². The molecule has 0 aliphatic heterocycles. The molecule has 26 heavy (non-hydrogen) atoms. The van der Waals surface area contributed by atoms with Crippen molar-refractivity contribution in [3.8, 4) is 0 Å². The van der Waals surface area contributed by atoms with Gasteiger partial charge in [-0.3, -0.25) is 9.59 Å². The molecule has 0 unspecified atom stereocenters. The summed E-state index contributed by atoms with van der Waals surface area (Å²) in [4.78, 5) is 23.6. The Bertz CT molecular complexity index is 640. The Morgan fingerprint density at radius 2 is 1.88 bits per heavy atom. The second kappa shape index (κ2) is 12.0. The van der Waals surface area contributed by atoms with Crippen LogP contribution in [0.2, 0.25) is 10.0 Å². The fraction of sp³-hybridized carbons (Fsp3) is 0.500. The third-order valence-corrected chi connectivity index (χ3v) is 4.58. The van der Waals surface area contributed by atoms with Crippen LogP contribution < -0.4 is 5.32 Å². The van der Waals surface area contributed by atoms with Crippen molar-refractivity contribution in [2.24, 2.45) is 5.92 Å². The van der Waals surface area contributed by atoms with Crippen LogP contribution in [0.5, 0.6) is 0 Å². The van der Waals surface area contributed by atoms with E-state index in [9.17, 15) is 9.59 Å². The lowest BCUT2D eigenvalue weighted by molar-refractivity contribution is -0.145. The van der Waals surface area contributed by atoms with Gasteiger partial charge < -0.3 is 10.1 Å². The van der Waals surface area contributed by atoms with E-state index in [1.165, 1.54) is 5.57 Å². The molecule has 0 bridgehead atoms. The molecule has 0 fully saturated rings. The first-order valence-corrected chi connectivity index (χ1v) is 9.57. The number of allylic oxidation sites excluding steroid dienone is 2. The summed E-state index contributed by atoms with van der Waals surface area (Å²) in [5.41, 5.74) is 1.87. The Labute approximate surface area is 165 Å². The van der Waals surface area contributed by atoms with E-state index in [1.54, 1.807) is 18.2 Å². The van der Waals surface area contributed by atoms with Gasteiger partial charge in [-0.2, -0.15) is 0 Å². The number of amides is 1. The molecule has 1 amide bonds. The second-order valence-electron chi connectivity index (χ2n) is 6.65. The van der Waals surface area contributed by atoms with Gasteiger partial charge in [-0.25, -0.2) is 0 Å². The molecule has 1 rings (SSSR count). The molecule has 0 aromatic heterocycles. The number of halogens is 2. The van der Waals surface area contributed by atoms with Gasteiger partial charge in [0.2, 0.25) is 5.91 Å². The van der Waals surface area contributed by atoms with Crippen molar-refractivity contribution < 1.29 is 14.3 Å². The number of anilines is 1. The molecule has 0 radical (unpaired) electrons. The largest absolute Gasteiger partial charge is 0.466 e. The zero-order valence-corrected chi connectivity index (χ0v) is 17.1. The molecule has 144 valence electrons. The van der Waals surface area contributed by atoms with Crippen LogP contribution in [-0.4, -0.2) is 18.5 Å². The summed E-state index contributed by atoms with van der Waals surface area (Å²) in [5.74, 6) is -0.127. The summed E-state index contributed by atoms with van der Waals surface area (Å²) >= 11 is 11.7. The maximum Gasteiger partial charge on any atom is 0.306 e. The molecule has 1 aromatic rings. The summed E-state index contributed by atoms with van der Waals surface area (Å²) in [6, 6.07) is 4.82. The molecular formula is C20H27Cl2NO3. The first-order chi connectivity index (χ1) is 12.3. The number of carbonyl (C=O) groups is 2. The van der Waals surface area contributed by atoms with Gasteiger partial charge in [0.25, 0.3) is 0 Å². The van der Waals surface area contributed by atoms with Gasteiger partial charge in [0.1, 0.15) is 0 Å². The number of rotatable bonds is 10. The van der Waals surface area contributed by atoms with Crippen molar-refractivity contribution in [2.75, 3.05) is 11.9 Å². The minimum Gasteiger partial charge on any atom is -0.466 e. The lowest BCUT2D eigenvalue weighted by Gasteiger charge is -2.11. The van der Waals surface area contributed by atoms with E-state index in [4.69, 9.17) is 27.9 Å². The normalized spacial score (nSPS) is 11.6. The molecule has 1 N–H and O–H groups in total. The minimum absolute atomic E-state index is 0.0549. The van der Waals surface area contributed by atoms with Crippen LogP contribution >= 0.6 is 23.2 Å². The molecule has 4 nitrogen and oxygen atoms in total. The van der Waals surface area contributed by atoms with Crippen molar-refractivity contribution in [2.45, 2.75) is 52.9 Å². The molecule has 6 heteroatoms. The highest BCUT2D eigenvalue weighted by molar-refractivity contribution is 6.42. The highest BCUT2D eigenvalue weighted by atomic mass is 35.5. The third kappa shape index (κ3) is 9.83. The van der Waals surface area contributed by atoms with Crippen LogP contribution in [0.4, 0.5) is 5.69 Å². The molecule has 0 aliphatic carbocycles. The topological polar surface area (TPSA) is 55.4 Å². The van der Waals surface area contributed by atoms with E-state index in [-0.39, 0.29) is 24.7 Å². The van der Waals surface area contributed by atoms with Crippen LogP contribution in [0.1, 0.15) is 52.9 Å². The number of esters is 1. The molecule has 0 saturated heterocycles. The van der Waals surface area contributed by atoms with Gasteiger partial charge in [0.05, 0.1) is 23.1 Å². The number of benzene rings is 1. The predicted molar refractivity (Wildman–Crippen MR) is 108 cm³/mol. The molecule has 0 saturated carbocycles. The average Bonchev–Trinajstić information content (AvgIpc) is 2.56. The Hall–Kier alpha value is -1.52. The number of carbonyl (C=O) groups excluding carboxylic acids is 2. The van der Waals surface area contributed by atoms with Crippen molar-refractivity contribution >= 4 is 40.8 Å². The number of hydrogen-bond acceptors (Lipinski definition) is 3. The fourth-order valence-electron chi connectivity index (χ4n) is 2.26. The van der Waals surface area contributed by atoms with E-state index in [2.05, 4.69) is 32.2 Å². The summed E-state index contributed by atoms with van der Waals surface area (Å²) in [5, 5.41) is 3.46. The van der Waals surface area contributed by atoms with Crippen molar-refractivity contribution in [3.63, 3.8) is 0 Å². The fourth-order valence-corrected chi connectivity index (χ4v) is 2.56. The van der Waals surface area contributed by atoms with Crippen LogP contribution in [0.25, 0.3) is 0 Å². The van der Waals surface area contributed by atoms with Crippen LogP contribution in [0, 0.1) is 5.92 Å². The molecule has 1 aromatic carbocycles. The van der Waals surface area contributed by atoms with E-state index in [0.717, 1.165) is 19.3 Å². The van der Waals surface area contributed by atoms with Gasteiger partial charge in [0, 0.05) is 12.1 Å². The Kier molecular flexibility index (Phi) is 10.4. The van der Waals surface area contributed by atoms with Crippen LogP contribution in [0.15, 0.2) is 29.8 Å². The van der Waals surface area contributed by atoms with Gasteiger partial charge in [-0.1, -0.05) is 41.8 Å². The zero-order valence-electron chi connectivity index (χ0n) is 15.6. The van der Waals surface area contributed by atoms with E-state index >= 15 is 0 Å². The third-order valence-electron chi connectivity index (χ3n) is 3.85. The first kappa shape index (κ1) is 22.5. The highest BCUT2D eigenvalue weighted by Gasteiger charge is 2.10. The first-order valence-electron chi connectivity index (χ1n) is 8.81. The van der Waals surface area contributed by atoms with Crippen molar-refractivity contribution in [3.05, 3.63) is 39.9 Å². The van der Waals surface area contributed by atoms with Gasteiger partial charge in [0.15, 0.2) is 0 Å². The molecule has 1 atom stereocenters. The Morgan fingerprint density at radius 1 is 1.15 bits per heavy atom. The molecule has 0 aliphatic rings. The smallest absolute Gasteiger partial charge is 0.306 e. The van der Waals surface area contributed by atoms with E-state index < -0.39 is 0 Å². The summed E-state index contributed by atoms with van der Waals surface area (Å²) in [6.07, 6.45) is 5.29. The monoisotopic (exact) mass is 399 g/mol.